The highest BCUT2D eigenvalue weighted by Gasteiger charge is 2.74. The van der Waals surface area contributed by atoms with Gasteiger partial charge < -0.3 is 25.1 Å². The minimum atomic E-state index is -1.05. The Morgan fingerprint density at radius 1 is 1.11 bits per heavy atom. The molecular weight excluding hydrogens is 558 g/mol. The van der Waals surface area contributed by atoms with Crippen LogP contribution >= 0.6 is 0 Å². The van der Waals surface area contributed by atoms with E-state index in [9.17, 15) is 19.5 Å². The van der Waals surface area contributed by atoms with Crippen LogP contribution in [-0.4, -0.2) is 60.4 Å². The van der Waals surface area contributed by atoms with Crippen molar-refractivity contribution in [2.75, 3.05) is 19.8 Å². The first-order valence-electron chi connectivity index (χ1n) is 16.8. The molecule has 1 heterocycles. The number of carbonyl (C=O) groups excluding carboxylic acids is 2. The molecule has 8 heteroatoms. The van der Waals surface area contributed by atoms with Gasteiger partial charge in [0.2, 0.25) is 0 Å². The Kier molecular flexibility index (Phi) is 8.11. The average molecular weight is 616 g/mol. The average Bonchev–Trinajstić information content (AvgIpc) is 2.88. The standard InChI is InChI=1S/C36H57NO7/c1-20(2)21(3)32(7)13-14-34(9)23-11-12-26-33(8)18-42-19-36(26,24(23)15-27(39)35(34,10)28(32)30(40)41)16-25(44-22(4)38)29(33)43-17-31(5,6)37/h15,20-21,23,25-26,28-29H,11-14,16-19,37H2,1-10H3,(H,40,41)/t21-,23+,25-,26+,28-,29+,32-,33-,34-,35+,36+/m1/s1. The molecule has 2 bridgehead atoms. The summed E-state index contributed by atoms with van der Waals surface area (Å²) in [6.07, 6.45) is 4.79. The largest absolute Gasteiger partial charge is 0.481 e. The van der Waals surface area contributed by atoms with E-state index in [1.165, 1.54) is 6.92 Å². The summed E-state index contributed by atoms with van der Waals surface area (Å²) in [5.74, 6) is -1.46. The van der Waals surface area contributed by atoms with E-state index in [0.717, 1.165) is 31.3 Å². The summed E-state index contributed by atoms with van der Waals surface area (Å²) in [6, 6.07) is 0. The molecule has 248 valence electrons. The van der Waals surface area contributed by atoms with Gasteiger partial charge in [-0.05, 0) is 86.5 Å². The van der Waals surface area contributed by atoms with Crippen molar-refractivity contribution in [1.29, 1.82) is 0 Å². The molecule has 0 amide bonds. The first-order chi connectivity index (χ1) is 20.2. The number of fused-ring (bicyclic) bond motifs is 3. The Bertz CT molecular complexity index is 1240. The van der Waals surface area contributed by atoms with Crippen LogP contribution in [0.1, 0.15) is 101 Å². The SMILES string of the molecule is CC(=O)O[C@@H]1C[C@@]23COC[C@](C)([C@@H]2CC[C@H]2C3=CC(=O)[C@@]3(C)[C@H](C(=O)O)[C@@](C)([C@H](C)C(C)C)CC[C@]23C)[C@H]1OCC(C)(C)N. The number of ether oxygens (including phenoxy) is 3. The first-order valence-corrected chi connectivity index (χ1v) is 16.8. The molecule has 44 heavy (non-hydrogen) atoms. The van der Waals surface area contributed by atoms with Crippen LogP contribution in [0.5, 0.6) is 0 Å². The maximum Gasteiger partial charge on any atom is 0.308 e. The van der Waals surface area contributed by atoms with Gasteiger partial charge in [0, 0.05) is 28.7 Å². The van der Waals surface area contributed by atoms with Crippen LogP contribution in [0.2, 0.25) is 0 Å². The molecule has 0 unspecified atom stereocenters. The normalized spacial score (nSPS) is 45.9. The van der Waals surface area contributed by atoms with Gasteiger partial charge in [0.1, 0.15) is 12.2 Å². The van der Waals surface area contributed by atoms with Gasteiger partial charge in [-0.25, -0.2) is 0 Å². The van der Waals surface area contributed by atoms with Crippen molar-refractivity contribution in [3.05, 3.63) is 11.6 Å². The molecule has 8 nitrogen and oxygen atoms in total. The van der Waals surface area contributed by atoms with E-state index in [-0.39, 0.29) is 29.5 Å². The Hall–Kier alpha value is -1.77. The van der Waals surface area contributed by atoms with Gasteiger partial charge in [-0.2, -0.15) is 0 Å². The van der Waals surface area contributed by atoms with Crippen molar-refractivity contribution < 1.29 is 33.7 Å². The maximum absolute atomic E-state index is 14.7. The van der Waals surface area contributed by atoms with Crippen molar-refractivity contribution in [2.24, 2.45) is 62.4 Å². The maximum atomic E-state index is 14.7. The number of hydrogen-bond donors (Lipinski definition) is 2. The summed E-state index contributed by atoms with van der Waals surface area (Å²) < 4.78 is 19.0. The molecule has 0 aromatic rings. The highest BCUT2D eigenvalue weighted by atomic mass is 16.6. The lowest BCUT2D eigenvalue weighted by Crippen LogP contribution is -2.71. The fraction of sp³-hybridized carbons (Fsp3) is 0.861. The first kappa shape index (κ1) is 33.6. The van der Waals surface area contributed by atoms with Crippen LogP contribution in [0, 0.1) is 56.7 Å². The molecule has 5 rings (SSSR count). The fourth-order valence-electron chi connectivity index (χ4n) is 11.3. The van der Waals surface area contributed by atoms with Crippen LogP contribution in [0.25, 0.3) is 0 Å². The summed E-state index contributed by atoms with van der Waals surface area (Å²) >= 11 is 0. The van der Waals surface area contributed by atoms with E-state index in [2.05, 4.69) is 41.5 Å². The van der Waals surface area contributed by atoms with E-state index in [0.29, 0.717) is 32.2 Å². The lowest BCUT2D eigenvalue weighted by molar-refractivity contribution is -0.267. The number of esters is 1. The smallest absolute Gasteiger partial charge is 0.308 e. The highest BCUT2D eigenvalue weighted by molar-refractivity contribution is 6.00. The molecule has 0 spiro atoms. The monoisotopic (exact) mass is 615 g/mol. The quantitative estimate of drug-likeness (QED) is 0.344. The minimum Gasteiger partial charge on any atom is -0.481 e. The third kappa shape index (κ3) is 4.58. The van der Waals surface area contributed by atoms with Crippen LogP contribution in [-0.2, 0) is 28.6 Å². The molecule has 0 aromatic carbocycles. The third-order valence-corrected chi connectivity index (χ3v) is 13.9. The lowest BCUT2D eigenvalue weighted by atomic mass is 9.34. The molecular formula is C36H57NO7. The number of carbonyl (C=O) groups is 3. The lowest BCUT2D eigenvalue weighted by Gasteiger charge is -2.70. The van der Waals surface area contributed by atoms with E-state index in [4.69, 9.17) is 19.9 Å². The topological polar surface area (TPSA) is 125 Å². The number of aliphatic carboxylic acids is 1. The molecule has 0 aromatic heterocycles. The van der Waals surface area contributed by atoms with Crippen LogP contribution in [0.3, 0.4) is 0 Å². The molecule has 11 atom stereocenters. The van der Waals surface area contributed by atoms with Gasteiger partial charge in [0.05, 0.1) is 25.7 Å². The molecule has 0 radical (unpaired) electrons. The molecule has 5 aliphatic rings. The van der Waals surface area contributed by atoms with Gasteiger partial charge in [0.15, 0.2) is 5.78 Å². The molecule has 3 saturated carbocycles. The second kappa shape index (κ2) is 10.6. The predicted octanol–water partition coefficient (Wildman–Crippen LogP) is 5.81. The third-order valence-electron chi connectivity index (χ3n) is 13.9. The van der Waals surface area contributed by atoms with Gasteiger partial charge in [-0.3, -0.25) is 14.4 Å². The minimum absolute atomic E-state index is 0.0339. The second-order valence-electron chi connectivity index (χ2n) is 17.3. The number of allylic oxidation sites excluding steroid dienone is 1. The zero-order chi connectivity index (χ0) is 32.8. The molecule has 4 aliphatic carbocycles. The number of rotatable bonds is 7. The van der Waals surface area contributed by atoms with Crippen LogP contribution < -0.4 is 5.73 Å². The van der Waals surface area contributed by atoms with Crippen molar-refractivity contribution in [2.45, 2.75) is 119 Å². The van der Waals surface area contributed by atoms with Gasteiger partial charge in [0.25, 0.3) is 0 Å². The number of hydrogen-bond acceptors (Lipinski definition) is 7. The number of nitrogens with two attached hydrogens (primary N) is 1. The van der Waals surface area contributed by atoms with Gasteiger partial charge in [-0.15, -0.1) is 0 Å². The van der Waals surface area contributed by atoms with Crippen molar-refractivity contribution in [3.8, 4) is 0 Å². The Morgan fingerprint density at radius 2 is 1.77 bits per heavy atom. The Labute approximate surface area is 264 Å². The highest BCUT2D eigenvalue weighted by Crippen LogP contribution is 2.74. The summed E-state index contributed by atoms with van der Waals surface area (Å²) in [5, 5.41) is 10.9. The van der Waals surface area contributed by atoms with E-state index in [1.54, 1.807) is 0 Å². The Balaban J connectivity index is 1.64. The zero-order valence-corrected chi connectivity index (χ0v) is 28.7. The molecule has 1 saturated heterocycles. The Morgan fingerprint density at radius 3 is 2.34 bits per heavy atom. The summed E-state index contributed by atoms with van der Waals surface area (Å²) in [7, 11) is 0. The van der Waals surface area contributed by atoms with Crippen molar-refractivity contribution in [3.63, 3.8) is 0 Å². The summed E-state index contributed by atoms with van der Waals surface area (Å²) in [5.41, 5.74) is 3.81. The van der Waals surface area contributed by atoms with Crippen LogP contribution in [0.4, 0.5) is 0 Å². The van der Waals surface area contributed by atoms with Gasteiger partial charge in [-0.1, -0.05) is 54.0 Å². The molecule has 4 fully saturated rings. The van der Waals surface area contributed by atoms with E-state index >= 15 is 0 Å². The summed E-state index contributed by atoms with van der Waals surface area (Å²) in [4.78, 5) is 40.5. The molecule has 3 N–H and O–H groups in total. The van der Waals surface area contributed by atoms with Crippen molar-refractivity contribution >= 4 is 17.7 Å². The summed E-state index contributed by atoms with van der Waals surface area (Å²) in [6.45, 7) is 21.4. The fourth-order valence-corrected chi connectivity index (χ4v) is 11.3. The molecule has 1 aliphatic heterocycles. The number of carboxylic acids is 1. The van der Waals surface area contributed by atoms with E-state index in [1.807, 2.05) is 26.8 Å². The van der Waals surface area contributed by atoms with E-state index < -0.39 is 56.7 Å². The predicted molar refractivity (Wildman–Crippen MR) is 168 cm³/mol. The number of carboxylic acid groups (broad SMARTS) is 1. The second-order valence-corrected chi connectivity index (χ2v) is 17.3. The van der Waals surface area contributed by atoms with Crippen LogP contribution in [0.15, 0.2) is 11.6 Å². The van der Waals surface area contributed by atoms with Gasteiger partial charge >= 0.3 is 11.9 Å². The number of ketones is 1. The van der Waals surface area contributed by atoms with Crippen molar-refractivity contribution in [1.82, 2.24) is 0 Å². The zero-order valence-electron chi connectivity index (χ0n) is 28.7.